The molecule has 3 aliphatic heterocycles. The molecule has 20 heteroatoms. The maximum atomic E-state index is 14.4. The van der Waals surface area contributed by atoms with E-state index in [0.717, 1.165) is 61.4 Å². The number of amides is 1. The van der Waals surface area contributed by atoms with E-state index < -0.39 is 89.3 Å². The number of hydrogen-bond donors (Lipinski definition) is 3. The number of methoxy groups -OCH3 is 7. The third kappa shape index (κ3) is 22.1. The Balaban J connectivity index is 0.000000439. The van der Waals surface area contributed by atoms with Gasteiger partial charge in [0.2, 0.25) is 5.79 Å². The molecule has 3 fully saturated rings. The van der Waals surface area contributed by atoms with Gasteiger partial charge in [-0.15, -0.1) is 0 Å². The zero-order chi connectivity index (χ0) is 72.6. The molecule has 3 heterocycles. The van der Waals surface area contributed by atoms with Crippen LogP contribution in [0.1, 0.15) is 163 Å². The predicted molar refractivity (Wildman–Crippen MR) is 377 cm³/mol. The molecule has 2 saturated heterocycles. The Morgan fingerprint density at radius 1 is 0.765 bits per heavy atom. The van der Waals surface area contributed by atoms with E-state index in [-0.39, 0.29) is 60.7 Å². The number of allylic oxidation sites excluding steroid dienone is 6. The minimum absolute atomic E-state index is 0.0193. The van der Waals surface area contributed by atoms with Crippen LogP contribution in [0.3, 0.4) is 0 Å². The minimum atomic E-state index is -2.43. The summed E-state index contributed by atoms with van der Waals surface area (Å²) < 4.78 is 50.9. The van der Waals surface area contributed by atoms with E-state index in [4.69, 9.17) is 42.6 Å². The molecule has 2 bridgehead atoms. The van der Waals surface area contributed by atoms with Gasteiger partial charge in [-0.1, -0.05) is 97.1 Å². The van der Waals surface area contributed by atoms with Crippen LogP contribution in [0.5, 0.6) is 23.0 Å². The van der Waals surface area contributed by atoms with Crippen molar-refractivity contribution >= 4 is 29.2 Å². The van der Waals surface area contributed by atoms with Crippen LogP contribution in [-0.2, 0) is 59.5 Å². The number of nitrogens with zero attached hydrogens (tertiary/aromatic N) is 3. The lowest BCUT2D eigenvalue weighted by Crippen LogP contribution is -2.61. The highest BCUT2D eigenvalue weighted by molar-refractivity contribution is 6.39. The SMILES string of the molecule is CO[C@H]1C[C@@H]2CC[C@@H](C)[C@@](O)(O2)C(=O)C(=O)N2CCCC[C@H]2C(=O)O[C@H]([C@H](C)C[C@@H]2CC[C@@H](O)[C@H](OC)C2)CC(=O)[C@H](C)/C=C(\C)[C@@H](O)[C@@H](OC)C(=O)[C@H](C)C[C@H](C)/C=C/C=CC=C1C.COc1ccc(CCN(C)CCCC(C#N)(c2ccc(OC)c(OC)c2)C(C)C)cc1OC. The number of aliphatic hydroxyl groups is 3. The number of Topliss-reactive ketones (excluding diaryl/α,β-unsaturated/α-hetero) is 3. The summed E-state index contributed by atoms with van der Waals surface area (Å²) in [5, 5.41) is 44.1. The van der Waals surface area contributed by atoms with E-state index in [2.05, 4.69) is 37.9 Å². The van der Waals surface area contributed by atoms with Crippen molar-refractivity contribution in [1.29, 1.82) is 5.26 Å². The molecule has 0 aromatic heterocycles. The van der Waals surface area contributed by atoms with Crippen LogP contribution in [0.25, 0.3) is 0 Å². The van der Waals surface area contributed by atoms with Gasteiger partial charge in [0.25, 0.3) is 11.7 Å². The van der Waals surface area contributed by atoms with Crippen molar-refractivity contribution < 1.29 is 81.9 Å². The van der Waals surface area contributed by atoms with Crippen LogP contribution < -0.4 is 18.9 Å². The number of aliphatic hydroxyl groups excluding tert-OH is 2. The standard InChI is InChI=1S/C51H79NO13.C27H38N2O4/c1-30-16-12-11-13-17-31(2)42(61-8)28-38-21-19-36(7)51(60,65-38)48(57)49(58)52-23-15-14-18-39(52)50(59)64-43(33(4)26-37-20-22-40(53)44(27-37)62-9)29-41(54)32(3)25-35(6)46(56)47(63-10)45(55)34(5)24-30;1-20(2)27(19-28,22-10-12-24(31-5)26(18-22)33-7)14-8-15-29(3)16-13-21-9-11-23(30-4)25(17-21)32-6/h11-13,16-17,25,30,32-34,36-40,42-44,46-47,53,56,60H,14-15,18-24,26-29H2,1-10H3;9-12,17-18,20H,8,13-16H2,1-7H3/b13-11?,16-12+,31-17?,35-25+;/t30-,32-,33-,34-,36-,37+,38+,39+,40-,42+,43+,44-,46-,47+,51-;/m1./s1. The molecule has 3 N–H and O–H groups in total. The molecule has 98 heavy (non-hydrogen) atoms. The summed E-state index contributed by atoms with van der Waals surface area (Å²) >= 11 is 0. The number of hydrogen-bond acceptors (Lipinski definition) is 19. The monoisotopic (exact) mass is 1370 g/mol. The van der Waals surface area contributed by atoms with Crippen molar-refractivity contribution in [1.82, 2.24) is 9.80 Å². The maximum absolute atomic E-state index is 14.4. The smallest absolute Gasteiger partial charge is 0.329 e. The average molecular weight is 1370 g/mol. The van der Waals surface area contributed by atoms with Gasteiger partial charge in [-0.2, -0.15) is 5.26 Å². The topological polar surface area (TPSA) is 259 Å². The van der Waals surface area contributed by atoms with Gasteiger partial charge in [-0.25, -0.2) is 4.79 Å². The normalized spacial score (nSPS) is 30.3. The summed E-state index contributed by atoms with van der Waals surface area (Å²) in [6.07, 6.45) is 13.8. The van der Waals surface area contributed by atoms with Gasteiger partial charge >= 0.3 is 5.97 Å². The quantitative estimate of drug-likeness (QED) is 0.0671. The highest BCUT2D eigenvalue weighted by atomic mass is 16.6. The zero-order valence-corrected chi connectivity index (χ0v) is 61.7. The first kappa shape index (κ1) is 82.4. The summed E-state index contributed by atoms with van der Waals surface area (Å²) in [6, 6.07) is 13.4. The van der Waals surface area contributed by atoms with Crippen molar-refractivity contribution in [3.8, 4) is 29.1 Å². The molecule has 1 amide bonds. The predicted octanol–water partition coefficient (Wildman–Crippen LogP) is 11.3. The average Bonchev–Trinajstić information content (AvgIpc) is 0.781. The lowest BCUT2D eigenvalue weighted by atomic mass is 9.69. The maximum Gasteiger partial charge on any atom is 0.329 e. The molecule has 546 valence electrons. The Kier molecular flexibility index (Phi) is 33.3. The van der Waals surface area contributed by atoms with Crippen molar-refractivity contribution in [3.63, 3.8) is 0 Å². The molecule has 16 atom stereocenters. The molecular weight excluding hydrogens is 1250 g/mol. The number of ether oxygens (including phenoxy) is 9. The largest absolute Gasteiger partial charge is 0.493 e. The first-order chi connectivity index (χ1) is 46.6. The fourth-order valence-electron chi connectivity index (χ4n) is 14.3. The minimum Gasteiger partial charge on any atom is -0.493 e. The molecule has 0 spiro atoms. The molecule has 1 aliphatic carbocycles. The number of carbonyl (C=O) groups excluding carboxylic acids is 5. The fraction of sp³-hybridized carbons (Fsp3) is 0.667. The first-order valence-electron chi connectivity index (χ1n) is 35.3. The van der Waals surface area contributed by atoms with E-state index in [1.165, 1.54) is 17.6 Å². The highest BCUT2D eigenvalue weighted by Gasteiger charge is 2.53. The van der Waals surface area contributed by atoms with Crippen LogP contribution in [-0.4, -0.2) is 185 Å². The Bertz CT molecular complexity index is 3080. The number of nitriles is 1. The molecule has 20 nitrogen and oxygen atoms in total. The van der Waals surface area contributed by atoms with Crippen molar-refractivity contribution in [2.45, 2.75) is 219 Å². The third-order valence-corrected chi connectivity index (χ3v) is 20.9. The van der Waals surface area contributed by atoms with Crippen molar-refractivity contribution in [2.24, 2.45) is 41.4 Å². The second-order valence-electron chi connectivity index (χ2n) is 28.2. The van der Waals surface area contributed by atoms with Crippen molar-refractivity contribution in [3.05, 3.63) is 95.1 Å². The molecule has 1 saturated carbocycles. The number of rotatable bonds is 19. The number of piperidine rings is 1. The Hall–Kier alpha value is -6.28. The number of ketones is 3. The van der Waals surface area contributed by atoms with E-state index in [1.807, 2.05) is 88.4 Å². The lowest BCUT2D eigenvalue weighted by Gasteiger charge is -2.42. The Morgan fingerprint density at radius 2 is 1.44 bits per heavy atom. The van der Waals surface area contributed by atoms with Crippen LogP contribution in [0.2, 0.25) is 0 Å². The second-order valence-corrected chi connectivity index (χ2v) is 28.2. The number of fused-ring (bicyclic) bond motifs is 3. The van der Waals surface area contributed by atoms with Gasteiger partial charge in [-0.3, -0.25) is 19.2 Å². The van der Waals surface area contributed by atoms with Crippen LogP contribution >= 0.6 is 0 Å². The van der Waals surface area contributed by atoms with Crippen LogP contribution in [0.15, 0.2) is 84.0 Å². The van der Waals surface area contributed by atoms with E-state index >= 15 is 0 Å². The number of esters is 1. The molecule has 2 aromatic carbocycles. The number of likely N-dealkylation sites (N-methyl/N-ethyl adjacent to an activating group) is 1. The van der Waals surface area contributed by atoms with Gasteiger partial charge in [-0.05, 0) is 181 Å². The van der Waals surface area contributed by atoms with Crippen LogP contribution in [0, 0.1) is 52.8 Å². The molecule has 6 rings (SSSR count). The van der Waals surface area contributed by atoms with E-state index in [9.17, 15) is 44.6 Å². The second kappa shape index (κ2) is 39.6. The molecular formula is C78H117N3O17. The van der Waals surface area contributed by atoms with E-state index in [1.54, 1.807) is 69.5 Å². The highest BCUT2D eigenvalue weighted by Crippen LogP contribution is 2.42. The molecule has 4 aliphatic rings. The Labute approximate surface area is 584 Å². The van der Waals surface area contributed by atoms with Crippen LogP contribution in [0.4, 0.5) is 0 Å². The third-order valence-electron chi connectivity index (χ3n) is 20.9. The summed E-state index contributed by atoms with van der Waals surface area (Å²) in [7, 11) is 13.2. The fourth-order valence-corrected chi connectivity index (χ4v) is 14.3. The summed E-state index contributed by atoms with van der Waals surface area (Å²) in [5.41, 5.74) is 2.87. The first-order valence-corrected chi connectivity index (χ1v) is 35.3. The summed E-state index contributed by atoms with van der Waals surface area (Å²) in [4.78, 5) is 74.1. The zero-order valence-electron chi connectivity index (χ0n) is 61.7. The van der Waals surface area contributed by atoms with Gasteiger partial charge in [0, 0.05) is 65.0 Å². The van der Waals surface area contributed by atoms with Gasteiger partial charge in [0.15, 0.2) is 28.8 Å². The molecule has 1 unspecified atom stereocenters. The number of cyclic esters (lactones) is 1. The van der Waals surface area contributed by atoms with E-state index in [0.29, 0.717) is 74.9 Å². The summed E-state index contributed by atoms with van der Waals surface area (Å²) in [6.45, 7) is 18.8. The molecule has 0 radical (unpaired) electrons. The van der Waals surface area contributed by atoms with Gasteiger partial charge < -0.3 is 67.8 Å². The lowest BCUT2D eigenvalue weighted by molar-refractivity contribution is -0.265. The van der Waals surface area contributed by atoms with Gasteiger partial charge in [0.05, 0.1) is 64.3 Å². The Morgan fingerprint density at radius 3 is 2.07 bits per heavy atom. The summed E-state index contributed by atoms with van der Waals surface area (Å²) in [5.74, 6) is -4.97. The number of carbonyl (C=O) groups is 5. The molecule has 2 aromatic rings. The van der Waals surface area contributed by atoms with Crippen molar-refractivity contribution in [2.75, 3.05) is 76.5 Å². The number of benzene rings is 2. The van der Waals surface area contributed by atoms with Gasteiger partial charge in [0.1, 0.15) is 30.1 Å².